The van der Waals surface area contributed by atoms with Gasteiger partial charge < -0.3 is 24.2 Å². The second-order valence-corrected chi connectivity index (χ2v) is 5.45. The van der Waals surface area contributed by atoms with Gasteiger partial charge >= 0.3 is 8.60 Å². The second kappa shape index (κ2) is 8.40. The Morgan fingerprint density at radius 1 is 1.21 bits per heavy atom. The average Bonchev–Trinajstić information content (AvgIpc) is 2.96. The van der Waals surface area contributed by atoms with Crippen molar-refractivity contribution in [3.05, 3.63) is 35.9 Å². The molecule has 0 spiro atoms. The van der Waals surface area contributed by atoms with E-state index < -0.39 is 8.60 Å². The van der Waals surface area contributed by atoms with Crippen LogP contribution in [0.1, 0.15) is 5.56 Å². The average molecular weight is 300 g/mol. The maximum absolute atomic E-state index is 5.39. The molecule has 0 bridgehead atoms. The van der Waals surface area contributed by atoms with E-state index in [1.807, 2.05) is 18.2 Å². The van der Waals surface area contributed by atoms with Gasteiger partial charge in [-0.05, 0) is 17.8 Å². The Hall–Kier alpha value is -0.780. The summed E-state index contributed by atoms with van der Waals surface area (Å²) in [4.78, 5) is 0. The Balaban J connectivity index is 1.52. The molecule has 0 atom stereocenters. The molecule has 1 aliphatic rings. The molecular formula is C12H17N2O3PS. The largest absolute Gasteiger partial charge is 0.360 e. The molecular weight excluding hydrogens is 283 g/mol. The highest BCUT2D eigenvalue weighted by molar-refractivity contribution is 7.80. The minimum Gasteiger partial charge on any atom is -0.360 e. The Bertz CT molecular complexity index is 388. The standard InChI is InChI=1S/C12H17N2O3PS/c19-12(14-10-11-4-2-1-3-5-11)13-6-7-15-18-16-8-9-17-18/h1-5H,6-10H2,(H2,13,14,19). The molecule has 2 rings (SSSR count). The Labute approximate surface area is 119 Å². The number of thiocarbonyl (C=S) groups is 1. The van der Waals surface area contributed by atoms with Crippen molar-refractivity contribution in [2.24, 2.45) is 0 Å². The van der Waals surface area contributed by atoms with Crippen molar-refractivity contribution < 1.29 is 13.6 Å². The first kappa shape index (κ1) is 14.6. The summed E-state index contributed by atoms with van der Waals surface area (Å²) < 4.78 is 15.8. The van der Waals surface area contributed by atoms with E-state index >= 15 is 0 Å². The summed E-state index contributed by atoms with van der Waals surface area (Å²) in [5.74, 6) is 0. The zero-order valence-corrected chi connectivity index (χ0v) is 12.2. The normalized spacial score (nSPS) is 15.4. The van der Waals surface area contributed by atoms with Gasteiger partial charge in [0, 0.05) is 13.1 Å². The van der Waals surface area contributed by atoms with Gasteiger partial charge in [0.15, 0.2) is 5.11 Å². The van der Waals surface area contributed by atoms with Crippen LogP contribution in [0.4, 0.5) is 0 Å². The second-order valence-electron chi connectivity index (χ2n) is 3.82. The van der Waals surface area contributed by atoms with Crippen LogP contribution >= 0.6 is 20.8 Å². The van der Waals surface area contributed by atoms with Gasteiger partial charge in [-0.3, -0.25) is 0 Å². The molecule has 1 heterocycles. The van der Waals surface area contributed by atoms with Crippen LogP contribution in [-0.4, -0.2) is 31.5 Å². The number of rotatable bonds is 6. The number of benzene rings is 1. The van der Waals surface area contributed by atoms with Gasteiger partial charge in [0.1, 0.15) is 0 Å². The predicted octanol–water partition coefficient (Wildman–Crippen LogP) is 1.94. The monoisotopic (exact) mass is 300 g/mol. The van der Waals surface area contributed by atoms with Crippen LogP contribution in [0.25, 0.3) is 0 Å². The van der Waals surface area contributed by atoms with E-state index in [0.29, 0.717) is 38.0 Å². The Morgan fingerprint density at radius 3 is 2.68 bits per heavy atom. The maximum Gasteiger partial charge on any atom is 0.332 e. The number of nitrogens with one attached hydrogen (secondary N) is 2. The Morgan fingerprint density at radius 2 is 1.95 bits per heavy atom. The molecule has 1 fully saturated rings. The van der Waals surface area contributed by atoms with Gasteiger partial charge in [-0.2, -0.15) is 0 Å². The number of hydrogen-bond donors (Lipinski definition) is 2. The third kappa shape index (κ3) is 5.80. The third-order valence-electron chi connectivity index (χ3n) is 2.36. The molecule has 0 aromatic heterocycles. The fraction of sp³-hybridized carbons (Fsp3) is 0.417. The first-order chi connectivity index (χ1) is 9.34. The molecule has 0 saturated carbocycles. The highest BCUT2D eigenvalue weighted by Crippen LogP contribution is 2.42. The topological polar surface area (TPSA) is 51.8 Å². The quantitative estimate of drug-likeness (QED) is 0.476. The van der Waals surface area contributed by atoms with Crippen molar-refractivity contribution in [3.8, 4) is 0 Å². The summed E-state index contributed by atoms with van der Waals surface area (Å²) in [7, 11) is -1.12. The summed E-state index contributed by atoms with van der Waals surface area (Å²) in [5.41, 5.74) is 1.19. The molecule has 5 nitrogen and oxygen atoms in total. The van der Waals surface area contributed by atoms with Gasteiger partial charge in [0.05, 0.1) is 19.8 Å². The minimum absolute atomic E-state index is 0.513. The molecule has 1 aromatic carbocycles. The van der Waals surface area contributed by atoms with Crippen LogP contribution in [0.2, 0.25) is 0 Å². The van der Waals surface area contributed by atoms with Crippen molar-refractivity contribution in [1.29, 1.82) is 0 Å². The third-order valence-corrected chi connectivity index (χ3v) is 3.83. The molecule has 1 aromatic rings. The molecule has 0 amide bonds. The smallest absolute Gasteiger partial charge is 0.332 e. The van der Waals surface area contributed by atoms with Crippen LogP contribution in [0.15, 0.2) is 30.3 Å². The molecule has 7 heteroatoms. The molecule has 2 N–H and O–H groups in total. The molecule has 0 aliphatic carbocycles. The highest BCUT2D eigenvalue weighted by Gasteiger charge is 2.18. The van der Waals surface area contributed by atoms with E-state index in [4.69, 9.17) is 25.8 Å². The lowest BCUT2D eigenvalue weighted by atomic mass is 10.2. The van der Waals surface area contributed by atoms with Gasteiger partial charge in [-0.15, -0.1) is 0 Å². The molecule has 0 unspecified atom stereocenters. The van der Waals surface area contributed by atoms with Crippen LogP contribution < -0.4 is 10.6 Å². The van der Waals surface area contributed by atoms with Crippen molar-refractivity contribution >= 4 is 25.9 Å². The summed E-state index contributed by atoms with van der Waals surface area (Å²) in [6.45, 7) is 3.10. The van der Waals surface area contributed by atoms with Crippen molar-refractivity contribution in [2.45, 2.75) is 6.54 Å². The van der Waals surface area contributed by atoms with E-state index in [1.54, 1.807) is 0 Å². The fourth-order valence-corrected chi connectivity index (χ4v) is 2.55. The van der Waals surface area contributed by atoms with Crippen molar-refractivity contribution in [3.63, 3.8) is 0 Å². The first-order valence-electron chi connectivity index (χ1n) is 6.09. The molecule has 0 radical (unpaired) electrons. The van der Waals surface area contributed by atoms with Crippen LogP contribution in [0, 0.1) is 0 Å². The van der Waals surface area contributed by atoms with E-state index in [1.165, 1.54) is 5.56 Å². The predicted molar refractivity (Wildman–Crippen MR) is 78.7 cm³/mol. The van der Waals surface area contributed by atoms with E-state index in [9.17, 15) is 0 Å². The SMILES string of the molecule is S=C(NCCOP1OCCO1)NCc1ccccc1. The Kier molecular flexibility index (Phi) is 6.47. The molecule has 1 saturated heterocycles. The molecule has 104 valence electrons. The van der Waals surface area contributed by atoms with Gasteiger partial charge in [0.25, 0.3) is 0 Å². The van der Waals surface area contributed by atoms with E-state index in [2.05, 4.69) is 22.8 Å². The lowest BCUT2D eigenvalue weighted by molar-refractivity contribution is 0.251. The first-order valence-corrected chi connectivity index (χ1v) is 7.59. The summed E-state index contributed by atoms with van der Waals surface area (Å²) in [6, 6.07) is 10.1. The summed E-state index contributed by atoms with van der Waals surface area (Å²) >= 11 is 5.17. The van der Waals surface area contributed by atoms with Crippen LogP contribution in [0.3, 0.4) is 0 Å². The lowest BCUT2D eigenvalue weighted by Gasteiger charge is -2.11. The lowest BCUT2D eigenvalue weighted by Crippen LogP contribution is -2.36. The van der Waals surface area contributed by atoms with E-state index in [0.717, 1.165) is 0 Å². The molecule has 19 heavy (non-hydrogen) atoms. The summed E-state index contributed by atoms with van der Waals surface area (Å²) in [5, 5.41) is 6.83. The van der Waals surface area contributed by atoms with Gasteiger partial charge in [-0.1, -0.05) is 30.3 Å². The molecule has 1 aliphatic heterocycles. The van der Waals surface area contributed by atoms with E-state index in [-0.39, 0.29) is 0 Å². The van der Waals surface area contributed by atoms with Gasteiger partial charge in [0.2, 0.25) is 0 Å². The minimum atomic E-state index is -1.12. The maximum atomic E-state index is 5.39. The van der Waals surface area contributed by atoms with Crippen molar-refractivity contribution in [2.75, 3.05) is 26.4 Å². The fourth-order valence-electron chi connectivity index (χ4n) is 1.46. The van der Waals surface area contributed by atoms with Crippen LogP contribution in [0.5, 0.6) is 0 Å². The van der Waals surface area contributed by atoms with Crippen molar-refractivity contribution in [1.82, 2.24) is 10.6 Å². The van der Waals surface area contributed by atoms with Gasteiger partial charge in [-0.25, -0.2) is 0 Å². The van der Waals surface area contributed by atoms with Crippen LogP contribution in [-0.2, 0) is 20.1 Å². The zero-order chi connectivity index (χ0) is 13.3. The zero-order valence-electron chi connectivity index (χ0n) is 10.5. The summed E-state index contributed by atoms with van der Waals surface area (Å²) in [6.07, 6.45) is 0. The number of hydrogen-bond acceptors (Lipinski definition) is 4. The highest BCUT2D eigenvalue weighted by atomic mass is 32.1.